The van der Waals surface area contributed by atoms with Crippen molar-refractivity contribution in [2.75, 3.05) is 18.5 Å². The van der Waals surface area contributed by atoms with Crippen LogP contribution in [0.15, 0.2) is 41.9 Å². The Morgan fingerprint density at radius 2 is 2.20 bits per heavy atom. The molecule has 2 heterocycles. The molecule has 0 bridgehead atoms. The summed E-state index contributed by atoms with van der Waals surface area (Å²) in [6, 6.07) is 9.33. The third-order valence-electron chi connectivity index (χ3n) is 3.66. The van der Waals surface area contributed by atoms with Gasteiger partial charge < -0.3 is 15.8 Å². The summed E-state index contributed by atoms with van der Waals surface area (Å²) in [5, 5.41) is 9.10. The molecule has 25 heavy (non-hydrogen) atoms. The molecule has 0 aliphatic rings. The first-order chi connectivity index (χ1) is 12.1. The lowest BCUT2D eigenvalue weighted by Gasteiger charge is -2.13. The number of carbonyl (C=O) groups excluding carboxylic acids is 1. The number of hydrogen-bond acceptors (Lipinski definition) is 5. The number of thiophene rings is 1. The first-order valence-electron chi connectivity index (χ1n) is 7.90. The molecule has 0 aliphatic heterocycles. The smallest absolute Gasteiger partial charge is 0.265 e. The van der Waals surface area contributed by atoms with Crippen molar-refractivity contribution >= 4 is 22.9 Å². The Morgan fingerprint density at radius 1 is 1.36 bits per heavy atom. The van der Waals surface area contributed by atoms with Gasteiger partial charge in [0.2, 0.25) is 0 Å². The predicted molar refractivity (Wildman–Crippen MR) is 100 cm³/mol. The molecular weight excluding hydrogens is 336 g/mol. The third kappa shape index (κ3) is 3.89. The van der Waals surface area contributed by atoms with Crippen LogP contribution < -0.4 is 15.8 Å². The van der Waals surface area contributed by atoms with Crippen LogP contribution in [0.25, 0.3) is 11.3 Å². The van der Waals surface area contributed by atoms with Crippen LogP contribution in [0, 0.1) is 6.92 Å². The van der Waals surface area contributed by atoms with Gasteiger partial charge in [-0.25, -0.2) is 0 Å². The van der Waals surface area contributed by atoms with E-state index >= 15 is 0 Å². The molecule has 0 aliphatic carbocycles. The second kappa shape index (κ2) is 7.50. The molecule has 0 radical (unpaired) electrons. The monoisotopic (exact) mass is 356 g/mol. The van der Waals surface area contributed by atoms with Gasteiger partial charge in [0.15, 0.2) is 0 Å². The number of anilines is 1. The van der Waals surface area contributed by atoms with Gasteiger partial charge in [-0.05, 0) is 48.2 Å². The summed E-state index contributed by atoms with van der Waals surface area (Å²) in [5.41, 5.74) is 9.07. The summed E-state index contributed by atoms with van der Waals surface area (Å²) < 4.78 is 7.50. The van der Waals surface area contributed by atoms with E-state index in [1.807, 2.05) is 49.7 Å². The molecule has 0 fully saturated rings. The Morgan fingerprint density at radius 3 is 2.84 bits per heavy atom. The van der Waals surface area contributed by atoms with E-state index in [1.54, 1.807) is 10.9 Å². The molecule has 7 heteroatoms. The fraction of sp³-hybridized carbons (Fsp3) is 0.222. The molecule has 0 saturated heterocycles. The lowest BCUT2D eigenvalue weighted by molar-refractivity contribution is 0.103. The van der Waals surface area contributed by atoms with Gasteiger partial charge >= 0.3 is 0 Å². The van der Waals surface area contributed by atoms with Crippen molar-refractivity contribution in [2.45, 2.75) is 6.92 Å². The van der Waals surface area contributed by atoms with E-state index < -0.39 is 0 Å². The second-order valence-corrected chi connectivity index (χ2v) is 6.54. The van der Waals surface area contributed by atoms with Crippen LogP contribution >= 0.6 is 11.3 Å². The standard InChI is InChI=1S/C18H20N4O2S/c1-12-9-17(25-11-12)18(23)21-13-3-4-16(24-8-6-19)14(10-13)15-5-7-20-22(15)2/h3-5,7,9-11H,6,8,19H2,1-2H3,(H,21,23). The lowest BCUT2D eigenvalue weighted by Crippen LogP contribution is -2.12. The van der Waals surface area contributed by atoms with Crippen molar-refractivity contribution in [1.82, 2.24) is 9.78 Å². The minimum Gasteiger partial charge on any atom is -0.492 e. The van der Waals surface area contributed by atoms with Crippen LogP contribution in [0.1, 0.15) is 15.2 Å². The highest BCUT2D eigenvalue weighted by molar-refractivity contribution is 7.12. The molecule has 130 valence electrons. The molecule has 0 atom stereocenters. The molecule has 2 aromatic heterocycles. The van der Waals surface area contributed by atoms with E-state index in [1.165, 1.54) is 11.3 Å². The fourth-order valence-corrected chi connectivity index (χ4v) is 3.28. The van der Waals surface area contributed by atoms with Gasteiger partial charge in [0.25, 0.3) is 5.91 Å². The van der Waals surface area contributed by atoms with Crippen LogP contribution in [0.2, 0.25) is 0 Å². The zero-order chi connectivity index (χ0) is 17.8. The molecular formula is C18H20N4O2S. The number of nitrogens with one attached hydrogen (secondary N) is 1. The van der Waals surface area contributed by atoms with Gasteiger partial charge in [0.05, 0.1) is 10.6 Å². The SMILES string of the molecule is Cc1csc(C(=O)Nc2ccc(OCCN)c(-c3ccnn3C)c2)c1. The van der Waals surface area contributed by atoms with Gasteiger partial charge in [-0.3, -0.25) is 9.48 Å². The van der Waals surface area contributed by atoms with E-state index in [4.69, 9.17) is 10.5 Å². The molecule has 0 unspecified atom stereocenters. The minimum atomic E-state index is -0.121. The largest absolute Gasteiger partial charge is 0.492 e. The van der Waals surface area contributed by atoms with Gasteiger partial charge in [0, 0.05) is 31.0 Å². The zero-order valence-electron chi connectivity index (χ0n) is 14.2. The molecule has 6 nitrogen and oxygen atoms in total. The van der Waals surface area contributed by atoms with E-state index in [2.05, 4.69) is 10.4 Å². The van der Waals surface area contributed by atoms with Crippen LogP contribution in [0.3, 0.4) is 0 Å². The lowest BCUT2D eigenvalue weighted by atomic mass is 10.1. The zero-order valence-corrected chi connectivity index (χ0v) is 15.0. The van der Waals surface area contributed by atoms with E-state index in [9.17, 15) is 4.79 Å². The number of aryl methyl sites for hydroxylation is 2. The Bertz CT molecular complexity index is 885. The minimum absolute atomic E-state index is 0.121. The molecule has 0 saturated carbocycles. The number of nitrogens with two attached hydrogens (primary N) is 1. The topological polar surface area (TPSA) is 82.2 Å². The number of hydrogen-bond donors (Lipinski definition) is 2. The first kappa shape index (κ1) is 17.2. The predicted octanol–water partition coefficient (Wildman–Crippen LogP) is 3.05. The number of aromatic nitrogens is 2. The van der Waals surface area contributed by atoms with E-state index in [-0.39, 0.29) is 5.91 Å². The molecule has 0 spiro atoms. The summed E-state index contributed by atoms with van der Waals surface area (Å²) >= 11 is 1.43. The third-order valence-corrected chi connectivity index (χ3v) is 4.71. The number of rotatable bonds is 6. The van der Waals surface area contributed by atoms with Crippen LogP contribution in [0.4, 0.5) is 5.69 Å². The Hall–Kier alpha value is -2.64. The number of ether oxygens (including phenoxy) is 1. The maximum atomic E-state index is 12.4. The quantitative estimate of drug-likeness (QED) is 0.711. The normalized spacial score (nSPS) is 10.7. The maximum absolute atomic E-state index is 12.4. The summed E-state index contributed by atoms with van der Waals surface area (Å²) in [7, 11) is 1.86. The Labute approximate surface area is 150 Å². The highest BCUT2D eigenvalue weighted by Gasteiger charge is 2.14. The van der Waals surface area contributed by atoms with Crippen molar-refractivity contribution in [1.29, 1.82) is 0 Å². The Balaban J connectivity index is 1.91. The molecule has 1 amide bonds. The first-order valence-corrected chi connectivity index (χ1v) is 8.78. The molecule has 1 aromatic carbocycles. The second-order valence-electron chi connectivity index (χ2n) is 5.63. The molecule has 3 N–H and O–H groups in total. The van der Waals surface area contributed by atoms with Crippen LogP contribution in [-0.4, -0.2) is 28.8 Å². The summed E-state index contributed by atoms with van der Waals surface area (Å²) in [5.74, 6) is 0.587. The Kier molecular flexibility index (Phi) is 5.16. The number of nitrogens with zero attached hydrogens (tertiary/aromatic N) is 2. The maximum Gasteiger partial charge on any atom is 0.265 e. The summed E-state index contributed by atoms with van der Waals surface area (Å²) in [6.07, 6.45) is 1.72. The highest BCUT2D eigenvalue weighted by atomic mass is 32.1. The van der Waals surface area contributed by atoms with E-state index in [0.717, 1.165) is 16.8 Å². The van der Waals surface area contributed by atoms with Gasteiger partial charge in [-0.15, -0.1) is 11.3 Å². The highest BCUT2D eigenvalue weighted by Crippen LogP contribution is 2.32. The van der Waals surface area contributed by atoms with Crippen molar-refractivity contribution in [3.63, 3.8) is 0 Å². The number of carbonyl (C=O) groups is 1. The fourth-order valence-electron chi connectivity index (χ4n) is 2.48. The van der Waals surface area contributed by atoms with Crippen molar-refractivity contribution in [2.24, 2.45) is 12.8 Å². The number of amides is 1. The summed E-state index contributed by atoms with van der Waals surface area (Å²) in [6.45, 7) is 2.82. The van der Waals surface area contributed by atoms with Gasteiger partial charge in [0.1, 0.15) is 12.4 Å². The molecule has 3 aromatic rings. The van der Waals surface area contributed by atoms with Gasteiger partial charge in [-0.2, -0.15) is 5.10 Å². The average Bonchev–Trinajstić information content (AvgIpc) is 3.22. The van der Waals surface area contributed by atoms with E-state index in [0.29, 0.717) is 29.5 Å². The van der Waals surface area contributed by atoms with Crippen LogP contribution in [0.5, 0.6) is 5.75 Å². The van der Waals surface area contributed by atoms with Crippen molar-refractivity contribution < 1.29 is 9.53 Å². The van der Waals surface area contributed by atoms with Crippen molar-refractivity contribution in [3.05, 3.63) is 52.3 Å². The van der Waals surface area contributed by atoms with Gasteiger partial charge in [-0.1, -0.05) is 0 Å². The van der Waals surface area contributed by atoms with Crippen molar-refractivity contribution in [3.8, 4) is 17.0 Å². The molecule has 3 rings (SSSR count). The summed E-state index contributed by atoms with van der Waals surface area (Å²) in [4.78, 5) is 13.1. The number of benzene rings is 1. The van der Waals surface area contributed by atoms with Crippen LogP contribution in [-0.2, 0) is 7.05 Å². The average molecular weight is 356 g/mol.